The first-order valence-corrected chi connectivity index (χ1v) is 7.20. The standard InChI is InChI=1S/C16H19NO4/c18-8-7-16(5-6-16)10-17-9-12-11-3-1-2-4-13(11)21-14(12)15(19)20/h1-4,17-18H,5-10H2,(H,19,20). The monoisotopic (exact) mass is 289 g/mol. The van der Waals surface area contributed by atoms with Gasteiger partial charge in [-0.05, 0) is 30.7 Å². The Morgan fingerprint density at radius 3 is 2.76 bits per heavy atom. The minimum atomic E-state index is -1.04. The van der Waals surface area contributed by atoms with Gasteiger partial charge >= 0.3 is 5.97 Å². The highest BCUT2D eigenvalue weighted by atomic mass is 16.4. The van der Waals surface area contributed by atoms with E-state index in [4.69, 9.17) is 9.52 Å². The van der Waals surface area contributed by atoms with E-state index < -0.39 is 5.97 Å². The van der Waals surface area contributed by atoms with Crippen LogP contribution in [0.1, 0.15) is 35.4 Å². The van der Waals surface area contributed by atoms with Gasteiger partial charge in [0.1, 0.15) is 5.58 Å². The van der Waals surface area contributed by atoms with Crippen LogP contribution in [0.3, 0.4) is 0 Å². The molecule has 1 saturated carbocycles. The minimum Gasteiger partial charge on any atom is -0.475 e. The van der Waals surface area contributed by atoms with Gasteiger partial charge in [0.25, 0.3) is 0 Å². The van der Waals surface area contributed by atoms with Crippen LogP contribution in [0.5, 0.6) is 0 Å². The summed E-state index contributed by atoms with van der Waals surface area (Å²) in [6.45, 7) is 1.47. The molecule has 3 rings (SSSR count). The highest BCUT2D eigenvalue weighted by molar-refractivity contribution is 5.95. The zero-order chi connectivity index (χ0) is 14.9. The van der Waals surface area contributed by atoms with E-state index in [9.17, 15) is 9.90 Å². The quantitative estimate of drug-likeness (QED) is 0.729. The normalized spacial score (nSPS) is 16.2. The maximum atomic E-state index is 11.3. The van der Waals surface area contributed by atoms with Crippen molar-refractivity contribution in [2.24, 2.45) is 5.41 Å². The Labute approximate surface area is 122 Å². The molecule has 0 unspecified atom stereocenters. The fourth-order valence-electron chi connectivity index (χ4n) is 2.83. The number of hydrogen-bond acceptors (Lipinski definition) is 4. The number of rotatable bonds is 7. The number of nitrogens with one attached hydrogen (secondary N) is 1. The van der Waals surface area contributed by atoms with Gasteiger partial charge in [-0.1, -0.05) is 18.2 Å². The molecule has 1 fully saturated rings. The molecule has 112 valence electrons. The summed E-state index contributed by atoms with van der Waals surface area (Å²) in [6.07, 6.45) is 3.05. The summed E-state index contributed by atoms with van der Waals surface area (Å²) in [4.78, 5) is 11.3. The zero-order valence-corrected chi connectivity index (χ0v) is 11.8. The molecule has 0 atom stereocenters. The summed E-state index contributed by atoms with van der Waals surface area (Å²) in [5.41, 5.74) is 1.50. The Bertz CT molecular complexity index is 657. The van der Waals surface area contributed by atoms with Crippen molar-refractivity contribution in [1.29, 1.82) is 0 Å². The smallest absolute Gasteiger partial charge is 0.372 e. The number of para-hydroxylation sites is 1. The van der Waals surface area contributed by atoms with Crippen molar-refractivity contribution in [1.82, 2.24) is 5.32 Å². The lowest BCUT2D eigenvalue weighted by molar-refractivity contribution is 0.0663. The van der Waals surface area contributed by atoms with Gasteiger partial charge in [-0.25, -0.2) is 4.79 Å². The number of hydrogen-bond donors (Lipinski definition) is 3. The SMILES string of the molecule is O=C(O)c1oc2ccccc2c1CNCC1(CCO)CC1. The van der Waals surface area contributed by atoms with Crippen molar-refractivity contribution in [2.45, 2.75) is 25.8 Å². The first-order chi connectivity index (χ1) is 10.2. The van der Waals surface area contributed by atoms with Crippen molar-refractivity contribution in [3.8, 4) is 0 Å². The molecule has 21 heavy (non-hydrogen) atoms. The lowest BCUT2D eigenvalue weighted by Crippen LogP contribution is -2.25. The molecule has 1 aromatic carbocycles. The molecule has 2 aromatic rings. The second kappa shape index (κ2) is 5.50. The molecule has 1 aliphatic rings. The molecule has 0 radical (unpaired) electrons. The second-order valence-electron chi connectivity index (χ2n) is 5.79. The van der Waals surface area contributed by atoms with Gasteiger partial charge < -0.3 is 19.9 Å². The van der Waals surface area contributed by atoms with Crippen molar-refractivity contribution in [3.05, 3.63) is 35.6 Å². The van der Waals surface area contributed by atoms with Crippen LogP contribution in [0.4, 0.5) is 0 Å². The predicted octanol–water partition coefficient (Wildman–Crippen LogP) is 2.38. The number of aromatic carboxylic acids is 1. The van der Waals surface area contributed by atoms with Gasteiger partial charge in [0.2, 0.25) is 5.76 Å². The second-order valence-corrected chi connectivity index (χ2v) is 5.79. The zero-order valence-electron chi connectivity index (χ0n) is 11.8. The van der Waals surface area contributed by atoms with E-state index in [-0.39, 0.29) is 17.8 Å². The Kier molecular flexibility index (Phi) is 3.69. The van der Waals surface area contributed by atoms with Gasteiger partial charge in [0.05, 0.1) is 0 Å². The Hall–Kier alpha value is -1.85. The first-order valence-electron chi connectivity index (χ1n) is 7.20. The fourth-order valence-corrected chi connectivity index (χ4v) is 2.83. The van der Waals surface area contributed by atoms with E-state index in [0.29, 0.717) is 17.7 Å². The van der Waals surface area contributed by atoms with Gasteiger partial charge in [-0.15, -0.1) is 0 Å². The molecular weight excluding hydrogens is 270 g/mol. The topological polar surface area (TPSA) is 82.7 Å². The maximum Gasteiger partial charge on any atom is 0.372 e. The molecule has 1 aromatic heterocycles. The van der Waals surface area contributed by atoms with Crippen LogP contribution in [0, 0.1) is 5.41 Å². The molecule has 0 saturated heterocycles. The van der Waals surface area contributed by atoms with Crippen LogP contribution in [-0.4, -0.2) is 29.3 Å². The van der Waals surface area contributed by atoms with E-state index >= 15 is 0 Å². The summed E-state index contributed by atoms with van der Waals surface area (Å²) in [7, 11) is 0. The summed E-state index contributed by atoms with van der Waals surface area (Å²) >= 11 is 0. The summed E-state index contributed by atoms with van der Waals surface area (Å²) < 4.78 is 5.43. The van der Waals surface area contributed by atoms with Crippen LogP contribution < -0.4 is 5.32 Å². The van der Waals surface area contributed by atoms with E-state index in [1.807, 2.05) is 18.2 Å². The largest absolute Gasteiger partial charge is 0.475 e. The van der Waals surface area contributed by atoms with E-state index in [2.05, 4.69) is 5.32 Å². The molecular formula is C16H19NO4. The summed E-state index contributed by atoms with van der Waals surface area (Å²) in [5, 5.41) is 22.5. The van der Waals surface area contributed by atoms with Crippen molar-refractivity contribution >= 4 is 16.9 Å². The highest BCUT2D eigenvalue weighted by Crippen LogP contribution is 2.48. The number of carboxylic acids is 1. The summed E-state index contributed by atoms with van der Waals surface area (Å²) in [6, 6.07) is 7.36. The average molecular weight is 289 g/mol. The lowest BCUT2D eigenvalue weighted by atomic mass is 10.0. The Morgan fingerprint density at radius 1 is 1.33 bits per heavy atom. The lowest BCUT2D eigenvalue weighted by Gasteiger charge is -2.14. The number of benzene rings is 1. The van der Waals surface area contributed by atoms with E-state index in [0.717, 1.165) is 31.2 Å². The number of fused-ring (bicyclic) bond motifs is 1. The minimum absolute atomic E-state index is 0.00991. The highest BCUT2D eigenvalue weighted by Gasteiger charge is 2.41. The van der Waals surface area contributed by atoms with Crippen LogP contribution in [0.15, 0.2) is 28.7 Å². The number of furan rings is 1. The Morgan fingerprint density at radius 2 is 2.10 bits per heavy atom. The third-order valence-electron chi connectivity index (χ3n) is 4.29. The molecule has 0 spiro atoms. The molecule has 5 heteroatoms. The molecule has 1 aliphatic carbocycles. The van der Waals surface area contributed by atoms with Gasteiger partial charge in [0, 0.05) is 30.6 Å². The van der Waals surface area contributed by atoms with Crippen LogP contribution in [0.25, 0.3) is 11.0 Å². The van der Waals surface area contributed by atoms with Crippen LogP contribution >= 0.6 is 0 Å². The fraction of sp³-hybridized carbons (Fsp3) is 0.438. The van der Waals surface area contributed by atoms with Gasteiger partial charge in [-0.3, -0.25) is 0 Å². The molecule has 0 bridgehead atoms. The first kappa shape index (κ1) is 14.1. The molecule has 1 heterocycles. The Balaban J connectivity index is 1.76. The third kappa shape index (κ3) is 2.80. The van der Waals surface area contributed by atoms with E-state index in [1.54, 1.807) is 6.07 Å². The van der Waals surface area contributed by atoms with E-state index in [1.165, 1.54) is 0 Å². The molecule has 3 N–H and O–H groups in total. The predicted molar refractivity (Wildman–Crippen MR) is 78.2 cm³/mol. The summed E-state index contributed by atoms with van der Waals surface area (Å²) in [5.74, 6) is -1.03. The average Bonchev–Trinajstić information content (AvgIpc) is 3.12. The molecule has 0 aliphatic heterocycles. The van der Waals surface area contributed by atoms with Gasteiger partial charge in [-0.2, -0.15) is 0 Å². The molecule has 5 nitrogen and oxygen atoms in total. The van der Waals surface area contributed by atoms with Crippen molar-refractivity contribution < 1.29 is 19.4 Å². The molecule has 0 amide bonds. The van der Waals surface area contributed by atoms with Crippen LogP contribution in [-0.2, 0) is 6.54 Å². The number of aliphatic hydroxyl groups excluding tert-OH is 1. The number of carboxylic acid groups (broad SMARTS) is 1. The van der Waals surface area contributed by atoms with Crippen molar-refractivity contribution in [2.75, 3.05) is 13.2 Å². The van der Waals surface area contributed by atoms with Crippen LogP contribution in [0.2, 0.25) is 0 Å². The number of carbonyl (C=O) groups is 1. The third-order valence-corrected chi connectivity index (χ3v) is 4.29. The van der Waals surface area contributed by atoms with Crippen molar-refractivity contribution in [3.63, 3.8) is 0 Å². The number of aliphatic hydroxyl groups is 1. The maximum absolute atomic E-state index is 11.3. The van der Waals surface area contributed by atoms with Gasteiger partial charge in [0.15, 0.2) is 0 Å².